The van der Waals surface area contributed by atoms with E-state index in [1.54, 1.807) is 32.2 Å². The smallest absolute Gasteiger partial charge is 0.415 e. The highest BCUT2D eigenvalue weighted by Crippen LogP contribution is 2.36. The molecule has 0 fully saturated rings. The molecule has 1 amide bonds. The number of carbonyl (C=O) groups is 1. The molecule has 0 unspecified atom stereocenters. The van der Waals surface area contributed by atoms with Gasteiger partial charge < -0.3 is 49.6 Å². The van der Waals surface area contributed by atoms with Crippen LogP contribution >= 0.6 is 0 Å². The number of H-pyrrole nitrogens is 1. The SMILES string of the molecule is C.CCOC(=O)N1Cc2ccc(OC)c(c2)OCCCCOc2nc(N)c([N+](=O)[O-])c1n2.COc1ccc2cc1OCCCCOc1nc(N)c3[nH]c(=O)n(c3n1)C2.[2H][2H].[2H][2H].[2H][2H]. The predicted molar refractivity (Wildman–Crippen MR) is 217 cm³/mol. The molecule has 8 bridgehead atoms. The van der Waals surface area contributed by atoms with Crippen LogP contribution in [-0.2, 0) is 17.8 Å². The molecule has 0 saturated heterocycles. The van der Waals surface area contributed by atoms with E-state index in [1.807, 2.05) is 18.2 Å². The number of anilines is 3. The van der Waals surface area contributed by atoms with Gasteiger partial charge >= 0.3 is 29.5 Å². The van der Waals surface area contributed by atoms with Gasteiger partial charge in [-0.25, -0.2) is 9.59 Å². The molecule has 5 N–H and O–H groups in total. The van der Waals surface area contributed by atoms with Gasteiger partial charge in [-0.1, -0.05) is 19.6 Å². The summed E-state index contributed by atoms with van der Waals surface area (Å²) in [5.74, 6) is 1.76. The second-order valence-electron chi connectivity index (χ2n) is 12.5. The van der Waals surface area contributed by atoms with Gasteiger partial charge in [0.05, 0.1) is 65.3 Å². The monoisotopic (exact) mass is 818 g/mol. The highest BCUT2D eigenvalue weighted by atomic mass is 16.6. The second-order valence-corrected chi connectivity index (χ2v) is 12.5. The van der Waals surface area contributed by atoms with Crippen molar-refractivity contribution in [3.05, 3.63) is 68.1 Å². The summed E-state index contributed by atoms with van der Waals surface area (Å²) >= 11 is 0. The fraction of sp³-hybridized carbons (Fsp3) is 0.405. The molecule has 58 heavy (non-hydrogen) atoms. The van der Waals surface area contributed by atoms with Crippen LogP contribution in [0.15, 0.2) is 41.2 Å². The molecule has 0 atom stereocenters. The number of hydrogen-bond acceptors (Lipinski definition) is 17. The lowest BCUT2D eigenvalue weighted by atomic mass is 10.2. The molecule has 7 rings (SSSR count). The summed E-state index contributed by atoms with van der Waals surface area (Å²) < 4.78 is 70.0. The van der Waals surface area contributed by atoms with E-state index in [4.69, 9.17) is 53.5 Å². The molecule has 21 heteroatoms. The van der Waals surface area contributed by atoms with Crippen LogP contribution in [0.2, 0.25) is 0 Å². The van der Waals surface area contributed by atoms with E-state index >= 15 is 0 Å². The van der Waals surface area contributed by atoms with Crippen LogP contribution in [0.25, 0.3) is 11.2 Å². The molecule has 3 aromatic heterocycles. The highest BCUT2D eigenvalue weighted by Gasteiger charge is 2.32. The van der Waals surface area contributed by atoms with Gasteiger partial charge in [0.15, 0.2) is 34.5 Å². The van der Waals surface area contributed by atoms with Gasteiger partial charge in [-0.3, -0.25) is 19.6 Å². The van der Waals surface area contributed by atoms with Gasteiger partial charge in [-0.2, -0.15) is 19.9 Å². The Morgan fingerprint density at radius 1 is 0.862 bits per heavy atom. The summed E-state index contributed by atoms with van der Waals surface area (Å²) in [5.41, 5.74) is 13.1. The average molecular weight is 819 g/mol. The average Bonchev–Trinajstić information content (AvgIpc) is 3.61. The molecule has 0 aliphatic carbocycles. The molecular weight excluding hydrogens is 760 g/mol. The van der Waals surface area contributed by atoms with Crippen LogP contribution in [0, 0.1) is 10.1 Å². The molecule has 0 saturated carbocycles. The number of nitrogens with zero attached hydrogens (tertiary/aromatic N) is 7. The standard InChI is InChI=1S/C19H23N5O7.C17H19N5O4.CH4.3H2/c1-3-29-19(25)23-11-12-6-7-13(28-2)14(10-12)30-8-4-5-9-31-18-21-16(20)15(24(26)27)17(23)22-18;1-24-11-5-4-10-8-12(11)25-6-2-3-7-26-16-20-14(18)13-15(21-16)22(9-10)17(23)19-13;;;;/h6-7,10H,3-5,8-9,11H2,1-2H3,(H2,20,21,22);4-5,8H,2-3,6-7,9H2,1H3,(H,19,23)(H2,18,20,21);1H4;3*1H/i;;;3*1+1D. The quantitative estimate of drug-likeness (QED) is 0.152. The van der Waals surface area contributed by atoms with Gasteiger partial charge in [0.2, 0.25) is 11.6 Å². The summed E-state index contributed by atoms with van der Waals surface area (Å²) in [6, 6.07) is 10.7. The van der Waals surface area contributed by atoms with Crippen LogP contribution in [-0.4, -0.2) is 87.8 Å². The van der Waals surface area contributed by atoms with Gasteiger partial charge in [0.1, 0.15) is 5.52 Å². The fourth-order valence-corrected chi connectivity index (χ4v) is 5.87. The molecule has 2 aliphatic rings. The highest BCUT2D eigenvalue weighted by molar-refractivity contribution is 5.91. The van der Waals surface area contributed by atoms with Crippen LogP contribution < -0.4 is 50.5 Å². The maximum atomic E-state index is 12.7. The first-order valence-corrected chi connectivity index (χ1v) is 18.0. The number of nitrogens with one attached hydrogen (secondary N) is 1. The molecule has 316 valence electrons. The summed E-state index contributed by atoms with van der Waals surface area (Å²) in [6.07, 6.45) is 2.03. The van der Waals surface area contributed by atoms with Gasteiger partial charge in [0, 0.05) is 8.91 Å². The number of benzene rings is 2. The molecule has 21 nitrogen and oxygen atoms in total. The number of aromatic amines is 1. The lowest BCUT2D eigenvalue weighted by Crippen LogP contribution is -2.33. The Kier molecular flexibility index (Phi) is 12.5. The summed E-state index contributed by atoms with van der Waals surface area (Å²) in [7, 11) is 3.12. The third kappa shape index (κ3) is 9.65. The van der Waals surface area contributed by atoms with Crippen molar-refractivity contribution in [3.63, 3.8) is 0 Å². The number of methoxy groups -OCH3 is 2. The van der Waals surface area contributed by atoms with E-state index in [1.165, 1.54) is 11.7 Å². The number of nitrogen functional groups attached to an aromatic ring is 2. The zero-order valence-electron chi connectivity index (χ0n) is 37.5. The van der Waals surface area contributed by atoms with Crippen LogP contribution in [0.3, 0.4) is 0 Å². The maximum absolute atomic E-state index is 12.7. The Labute approximate surface area is 341 Å². The van der Waals surface area contributed by atoms with E-state index in [2.05, 4.69) is 24.9 Å². The van der Waals surface area contributed by atoms with E-state index in [9.17, 15) is 19.7 Å². The number of rotatable bonds is 4. The molecule has 5 heterocycles. The second kappa shape index (κ2) is 19.2. The number of carbonyl (C=O) groups excluding carboxylic acids is 1. The minimum Gasteiger partial charge on any atom is -0.493 e. The molecule has 0 spiro atoms. The van der Waals surface area contributed by atoms with Gasteiger partial charge in [-0.05, 0) is 68.0 Å². The summed E-state index contributed by atoms with van der Waals surface area (Å²) in [6.45, 7) is 3.49. The number of aromatic nitrogens is 6. The first-order valence-electron chi connectivity index (χ1n) is 21.0. The minimum atomic E-state index is -0.833. The Morgan fingerprint density at radius 3 is 1.95 bits per heavy atom. The Bertz CT molecular complexity index is 2330. The largest absolute Gasteiger partial charge is 0.493 e. The first-order chi connectivity index (χ1) is 30.6. The zero-order chi connectivity index (χ0) is 46.5. The molecule has 0 radical (unpaired) electrons. The van der Waals surface area contributed by atoms with Crippen molar-refractivity contribution in [2.24, 2.45) is 0 Å². The van der Waals surface area contributed by atoms with Crippen LogP contribution in [0.1, 0.15) is 60.1 Å². The topological polar surface area (TPSA) is 269 Å². The van der Waals surface area contributed by atoms with E-state index in [-0.39, 0.29) is 56.5 Å². The van der Waals surface area contributed by atoms with Crippen molar-refractivity contribution in [2.45, 2.75) is 53.1 Å². The lowest BCUT2D eigenvalue weighted by Gasteiger charge is -2.22. The molecule has 2 aliphatic heterocycles. The number of hydrogen-bond donors (Lipinski definition) is 3. The van der Waals surface area contributed by atoms with E-state index in [0.29, 0.717) is 78.9 Å². The predicted octanol–water partition coefficient (Wildman–Crippen LogP) is 5.37. The van der Waals surface area contributed by atoms with Crippen LogP contribution in [0.4, 0.5) is 27.9 Å². The number of fused-ring (bicyclic) bond motifs is 7. The normalized spacial score (nSPS) is 14.4. The van der Waals surface area contributed by atoms with Gasteiger partial charge in [-0.15, -0.1) is 0 Å². The number of ether oxygens (including phenoxy) is 7. The third-order valence-electron chi connectivity index (χ3n) is 8.62. The lowest BCUT2D eigenvalue weighted by molar-refractivity contribution is -0.383. The van der Waals surface area contributed by atoms with Crippen molar-refractivity contribution >= 4 is 40.4 Å². The fourth-order valence-electron chi connectivity index (χ4n) is 5.87. The summed E-state index contributed by atoms with van der Waals surface area (Å²) in [5, 5.41) is 11.7. The number of imidazole rings is 1. The Morgan fingerprint density at radius 2 is 1.40 bits per heavy atom. The number of nitrogens with two attached hydrogens (primary N) is 2. The molecular formula is C37H52N10O11. The van der Waals surface area contributed by atoms with Crippen molar-refractivity contribution in [2.75, 3.05) is 63.6 Å². The minimum absolute atomic E-state index is 0. The van der Waals surface area contributed by atoms with E-state index in [0.717, 1.165) is 23.3 Å². The van der Waals surface area contributed by atoms with Crippen molar-refractivity contribution < 1.29 is 51.8 Å². The van der Waals surface area contributed by atoms with Crippen molar-refractivity contribution in [3.8, 4) is 35.0 Å². The van der Waals surface area contributed by atoms with E-state index < -0.39 is 22.5 Å². The third-order valence-corrected chi connectivity index (χ3v) is 8.62. The summed E-state index contributed by atoms with van der Waals surface area (Å²) in [4.78, 5) is 56.2. The zero-order valence-corrected chi connectivity index (χ0v) is 31.5. The first kappa shape index (κ1) is 37.8. The molecule has 5 aromatic rings. The number of amides is 1. The van der Waals surface area contributed by atoms with Gasteiger partial charge in [0.25, 0.3) is 0 Å². The van der Waals surface area contributed by atoms with Crippen LogP contribution in [0.5, 0.6) is 35.0 Å². The number of nitro groups is 1. The Hall–Kier alpha value is -7.06. The molecule has 2 aromatic carbocycles. The van der Waals surface area contributed by atoms with Crippen molar-refractivity contribution in [1.29, 1.82) is 0 Å². The Balaban J connectivity index is 0.000000393. The van der Waals surface area contributed by atoms with Crippen molar-refractivity contribution in [1.82, 2.24) is 29.5 Å². The maximum Gasteiger partial charge on any atom is 0.415 e.